The van der Waals surface area contributed by atoms with Crippen LogP contribution in [0.3, 0.4) is 0 Å². The van der Waals surface area contributed by atoms with Gasteiger partial charge < -0.3 is 14.7 Å². The van der Waals surface area contributed by atoms with E-state index in [1.165, 1.54) is 11.3 Å². The molecule has 1 aromatic carbocycles. The van der Waals surface area contributed by atoms with E-state index in [1.54, 1.807) is 18.9 Å². The lowest BCUT2D eigenvalue weighted by molar-refractivity contribution is -0.141. The first-order valence-corrected chi connectivity index (χ1v) is 8.83. The standard InChI is InChI=1S/C18H20N2O4S/c1-10-16(25-11(2)19-10)17(21)20-8-13(14(9-20)18(22)23)12-6-4-5-7-15(12)24-3/h4-7,13-14H,8-9H2,1-3H3,(H,22,23). The van der Waals surface area contributed by atoms with Gasteiger partial charge in [0, 0.05) is 19.0 Å². The molecule has 1 aliphatic heterocycles. The first-order valence-electron chi connectivity index (χ1n) is 8.01. The largest absolute Gasteiger partial charge is 0.496 e. The summed E-state index contributed by atoms with van der Waals surface area (Å²) in [6, 6.07) is 7.39. The number of ether oxygens (including phenoxy) is 1. The molecule has 25 heavy (non-hydrogen) atoms. The molecule has 0 bridgehead atoms. The van der Waals surface area contributed by atoms with Gasteiger partial charge in [-0.05, 0) is 25.5 Å². The fourth-order valence-electron chi connectivity index (χ4n) is 3.38. The average molecular weight is 360 g/mol. The monoisotopic (exact) mass is 360 g/mol. The third kappa shape index (κ3) is 3.24. The molecule has 6 nitrogen and oxygen atoms in total. The van der Waals surface area contributed by atoms with Crippen LogP contribution < -0.4 is 4.74 Å². The van der Waals surface area contributed by atoms with Gasteiger partial charge in [0.2, 0.25) is 0 Å². The Hall–Kier alpha value is -2.41. The number of aromatic nitrogens is 1. The zero-order valence-electron chi connectivity index (χ0n) is 14.4. The Bertz CT molecular complexity index is 817. The van der Waals surface area contributed by atoms with Crippen molar-refractivity contribution in [3.05, 3.63) is 45.4 Å². The molecular weight excluding hydrogens is 340 g/mol. The van der Waals surface area contributed by atoms with E-state index >= 15 is 0 Å². The third-order valence-electron chi connectivity index (χ3n) is 4.56. The summed E-state index contributed by atoms with van der Waals surface area (Å²) in [7, 11) is 1.57. The Balaban J connectivity index is 1.92. The number of rotatable bonds is 4. The van der Waals surface area contributed by atoms with Crippen LogP contribution in [0.25, 0.3) is 0 Å². The first-order chi connectivity index (χ1) is 11.9. The second kappa shape index (κ2) is 6.84. The number of carboxylic acid groups (broad SMARTS) is 1. The summed E-state index contributed by atoms with van der Waals surface area (Å²) in [5.41, 5.74) is 1.52. The van der Waals surface area contributed by atoms with E-state index in [9.17, 15) is 14.7 Å². The second-order valence-corrected chi connectivity index (χ2v) is 7.35. The minimum absolute atomic E-state index is 0.147. The maximum Gasteiger partial charge on any atom is 0.308 e. The summed E-state index contributed by atoms with van der Waals surface area (Å²) >= 11 is 1.35. The zero-order valence-corrected chi connectivity index (χ0v) is 15.2. The van der Waals surface area contributed by atoms with Gasteiger partial charge in [0.15, 0.2) is 0 Å². The third-order valence-corrected chi connectivity index (χ3v) is 5.62. The maximum absolute atomic E-state index is 12.9. The molecule has 1 saturated heterocycles. The molecule has 2 unspecified atom stereocenters. The number of thiazole rings is 1. The number of amides is 1. The molecule has 0 aliphatic carbocycles. The highest BCUT2D eigenvalue weighted by atomic mass is 32.1. The van der Waals surface area contributed by atoms with E-state index in [1.807, 2.05) is 31.2 Å². The number of aryl methyl sites for hydroxylation is 2. The highest BCUT2D eigenvalue weighted by Gasteiger charge is 2.42. The molecule has 2 heterocycles. The van der Waals surface area contributed by atoms with Crippen LogP contribution in [0, 0.1) is 19.8 Å². The van der Waals surface area contributed by atoms with Gasteiger partial charge in [-0.2, -0.15) is 0 Å². The Morgan fingerprint density at radius 1 is 1.28 bits per heavy atom. The molecule has 7 heteroatoms. The van der Waals surface area contributed by atoms with Crippen molar-refractivity contribution in [1.29, 1.82) is 0 Å². The lowest BCUT2D eigenvalue weighted by Gasteiger charge is -2.18. The average Bonchev–Trinajstić information content (AvgIpc) is 3.17. The summed E-state index contributed by atoms with van der Waals surface area (Å²) < 4.78 is 5.38. The normalized spacial score (nSPS) is 19.9. The van der Waals surface area contributed by atoms with Gasteiger partial charge in [-0.3, -0.25) is 9.59 Å². The Kier molecular flexibility index (Phi) is 4.76. The van der Waals surface area contributed by atoms with Crippen molar-refractivity contribution in [2.24, 2.45) is 5.92 Å². The summed E-state index contributed by atoms with van der Waals surface area (Å²) in [5, 5.41) is 10.5. The fourth-order valence-corrected chi connectivity index (χ4v) is 4.27. The summed E-state index contributed by atoms with van der Waals surface area (Å²) in [5.74, 6) is -1.35. The number of aliphatic carboxylic acids is 1. The molecule has 1 N–H and O–H groups in total. The molecule has 132 valence electrons. The molecule has 2 aromatic rings. The molecule has 1 amide bonds. The maximum atomic E-state index is 12.9. The van der Waals surface area contributed by atoms with Gasteiger partial charge >= 0.3 is 5.97 Å². The SMILES string of the molecule is COc1ccccc1C1CN(C(=O)c2sc(C)nc2C)CC1C(=O)O. The van der Waals surface area contributed by atoms with Crippen molar-refractivity contribution in [1.82, 2.24) is 9.88 Å². The van der Waals surface area contributed by atoms with Gasteiger partial charge in [-0.15, -0.1) is 11.3 Å². The summed E-state index contributed by atoms with van der Waals surface area (Å²) in [6.45, 7) is 4.20. The lowest BCUT2D eigenvalue weighted by atomic mass is 9.88. The van der Waals surface area contributed by atoms with E-state index < -0.39 is 11.9 Å². The molecule has 1 aliphatic rings. The van der Waals surface area contributed by atoms with Crippen molar-refractivity contribution in [2.75, 3.05) is 20.2 Å². The Morgan fingerprint density at radius 3 is 2.60 bits per heavy atom. The Morgan fingerprint density at radius 2 is 2.00 bits per heavy atom. The van der Waals surface area contributed by atoms with Gasteiger partial charge in [0.1, 0.15) is 10.6 Å². The topological polar surface area (TPSA) is 79.7 Å². The van der Waals surface area contributed by atoms with Crippen LogP contribution in [0.5, 0.6) is 5.75 Å². The summed E-state index contributed by atoms with van der Waals surface area (Å²) in [4.78, 5) is 31.1. The highest BCUT2D eigenvalue weighted by Crippen LogP contribution is 2.38. The van der Waals surface area contributed by atoms with Crippen LogP contribution >= 0.6 is 11.3 Å². The number of methoxy groups -OCH3 is 1. The minimum atomic E-state index is -0.900. The van der Waals surface area contributed by atoms with E-state index in [4.69, 9.17) is 4.74 Å². The van der Waals surface area contributed by atoms with Crippen LogP contribution in [0.2, 0.25) is 0 Å². The molecule has 1 aromatic heterocycles. The Labute approximate surface area is 150 Å². The first kappa shape index (κ1) is 17.4. The molecule has 0 saturated carbocycles. The van der Waals surface area contributed by atoms with Crippen LogP contribution in [0.4, 0.5) is 0 Å². The van der Waals surface area contributed by atoms with E-state index in [0.29, 0.717) is 22.9 Å². The van der Waals surface area contributed by atoms with Gasteiger partial charge in [0.05, 0.1) is 23.7 Å². The number of hydrogen-bond donors (Lipinski definition) is 1. The van der Waals surface area contributed by atoms with E-state index in [0.717, 1.165) is 10.6 Å². The lowest BCUT2D eigenvalue weighted by Crippen LogP contribution is -2.29. The summed E-state index contributed by atoms with van der Waals surface area (Å²) in [6.07, 6.45) is 0. The van der Waals surface area contributed by atoms with Crippen LogP contribution in [0.15, 0.2) is 24.3 Å². The molecule has 3 rings (SSSR count). The second-order valence-electron chi connectivity index (χ2n) is 6.15. The molecule has 1 fully saturated rings. The fraction of sp³-hybridized carbons (Fsp3) is 0.389. The molecular formula is C18H20N2O4S. The van der Waals surface area contributed by atoms with E-state index in [2.05, 4.69) is 4.98 Å². The van der Waals surface area contributed by atoms with Crippen LogP contribution in [-0.4, -0.2) is 47.1 Å². The predicted octanol–water partition coefficient (Wildman–Crippen LogP) is 2.71. The van der Waals surface area contributed by atoms with Crippen molar-refractivity contribution >= 4 is 23.2 Å². The van der Waals surface area contributed by atoms with Gasteiger partial charge in [0.25, 0.3) is 5.91 Å². The number of carbonyl (C=O) groups is 2. The molecule has 2 atom stereocenters. The number of para-hydroxylation sites is 1. The van der Waals surface area contributed by atoms with Crippen molar-refractivity contribution in [2.45, 2.75) is 19.8 Å². The quantitative estimate of drug-likeness (QED) is 0.907. The minimum Gasteiger partial charge on any atom is -0.496 e. The number of benzene rings is 1. The van der Waals surface area contributed by atoms with E-state index in [-0.39, 0.29) is 18.4 Å². The predicted molar refractivity (Wildman–Crippen MR) is 94.4 cm³/mol. The van der Waals surface area contributed by atoms with Crippen molar-refractivity contribution in [3.63, 3.8) is 0 Å². The number of carbonyl (C=O) groups excluding carboxylic acids is 1. The highest BCUT2D eigenvalue weighted by molar-refractivity contribution is 7.13. The van der Waals surface area contributed by atoms with Gasteiger partial charge in [-0.25, -0.2) is 4.98 Å². The number of nitrogens with zero attached hydrogens (tertiary/aromatic N) is 2. The van der Waals surface area contributed by atoms with Crippen LogP contribution in [-0.2, 0) is 4.79 Å². The van der Waals surface area contributed by atoms with Crippen LogP contribution in [0.1, 0.15) is 31.9 Å². The number of likely N-dealkylation sites (tertiary alicyclic amines) is 1. The van der Waals surface area contributed by atoms with Gasteiger partial charge in [-0.1, -0.05) is 18.2 Å². The number of hydrogen-bond acceptors (Lipinski definition) is 5. The van der Waals surface area contributed by atoms with Crippen molar-refractivity contribution in [3.8, 4) is 5.75 Å². The smallest absolute Gasteiger partial charge is 0.308 e. The molecule has 0 radical (unpaired) electrons. The number of carboxylic acids is 1. The van der Waals surface area contributed by atoms with Crippen molar-refractivity contribution < 1.29 is 19.4 Å². The molecule has 0 spiro atoms. The zero-order chi connectivity index (χ0) is 18.1.